The molecule has 9 nitrogen and oxygen atoms in total. The number of aryl methyl sites for hydroxylation is 2. The lowest BCUT2D eigenvalue weighted by Crippen LogP contribution is -2.27. The predicted octanol–water partition coefficient (Wildman–Crippen LogP) is 2.15. The Balaban J connectivity index is 1.65. The SMILES string of the molecule is Cc1nn(C)c(C)c1-c1cc(C(=O)Nc2ccc(OCC(=O)N(C)C)cc2)[nH]n1. The number of carbonyl (C=O) groups is 2. The van der Waals surface area contributed by atoms with Gasteiger partial charge < -0.3 is 15.0 Å². The van der Waals surface area contributed by atoms with E-state index in [1.807, 2.05) is 20.9 Å². The first-order chi connectivity index (χ1) is 13.8. The number of ether oxygens (including phenoxy) is 1. The lowest BCUT2D eigenvalue weighted by molar-refractivity contribution is -0.130. The largest absolute Gasteiger partial charge is 0.484 e. The molecular weight excluding hydrogens is 372 g/mol. The van der Waals surface area contributed by atoms with E-state index < -0.39 is 0 Å². The van der Waals surface area contributed by atoms with Gasteiger partial charge in [-0.3, -0.25) is 19.4 Å². The van der Waals surface area contributed by atoms with Crippen molar-refractivity contribution in [1.29, 1.82) is 0 Å². The number of amides is 2. The van der Waals surface area contributed by atoms with Crippen molar-refractivity contribution < 1.29 is 14.3 Å². The molecule has 0 radical (unpaired) electrons. The molecule has 29 heavy (non-hydrogen) atoms. The standard InChI is InChI=1S/C20H24N6O3/c1-12-19(13(2)26(5)24-12)16-10-17(23-22-16)20(28)21-14-6-8-15(9-7-14)29-11-18(27)25(3)4/h6-10H,11H2,1-5H3,(H,21,28)(H,22,23). The van der Waals surface area contributed by atoms with Crippen LogP contribution in [0.4, 0.5) is 5.69 Å². The zero-order valence-corrected chi connectivity index (χ0v) is 17.1. The maximum atomic E-state index is 12.5. The molecule has 152 valence electrons. The van der Waals surface area contributed by atoms with Crippen molar-refractivity contribution in [3.63, 3.8) is 0 Å². The number of benzene rings is 1. The summed E-state index contributed by atoms with van der Waals surface area (Å²) in [7, 11) is 5.21. The number of aromatic amines is 1. The third kappa shape index (κ3) is 4.45. The predicted molar refractivity (Wildman–Crippen MR) is 109 cm³/mol. The molecule has 2 aromatic heterocycles. The van der Waals surface area contributed by atoms with E-state index in [4.69, 9.17) is 4.74 Å². The molecule has 9 heteroatoms. The van der Waals surface area contributed by atoms with Crippen molar-refractivity contribution in [1.82, 2.24) is 24.9 Å². The van der Waals surface area contributed by atoms with E-state index in [2.05, 4.69) is 20.6 Å². The Hall–Kier alpha value is -3.62. The zero-order valence-electron chi connectivity index (χ0n) is 17.1. The van der Waals surface area contributed by atoms with Crippen LogP contribution in [0, 0.1) is 13.8 Å². The molecule has 0 bridgehead atoms. The fourth-order valence-corrected chi connectivity index (χ4v) is 2.82. The lowest BCUT2D eigenvalue weighted by atomic mass is 10.1. The number of rotatable bonds is 6. The molecule has 0 saturated heterocycles. The van der Waals surface area contributed by atoms with E-state index in [1.165, 1.54) is 4.90 Å². The van der Waals surface area contributed by atoms with E-state index in [9.17, 15) is 9.59 Å². The molecule has 3 rings (SSSR count). The molecule has 0 saturated carbocycles. The van der Waals surface area contributed by atoms with Gasteiger partial charge in [-0.05, 0) is 44.2 Å². The van der Waals surface area contributed by atoms with Crippen molar-refractivity contribution in [2.45, 2.75) is 13.8 Å². The van der Waals surface area contributed by atoms with E-state index in [0.717, 1.165) is 17.0 Å². The Morgan fingerprint density at radius 1 is 1.21 bits per heavy atom. The molecular formula is C20H24N6O3. The quantitative estimate of drug-likeness (QED) is 0.664. The number of hydrogen-bond acceptors (Lipinski definition) is 5. The normalized spacial score (nSPS) is 10.7. The van der Waals surface area contributed by atoms with Crippen molar-refractivity contribution in [3.05, 3.63) is 47.4 Å². The van der Waals surface area contributed by atoms with Crippen molar-refractivity contribution in [2.75, 3.05) is 26.0 Å². The molecule has 0 aliphatic rings. The van der Waals surface area contributed by atoms with Gasteiger partial charge in [0.05, 0.1) is 11.4 Å². The fraction of sp³-hybridized carbons (Fsp3) is 0.300. The number of hydrogen-bond donors (Lipinski definition) is 2. The molecule has 2 heterocycles. The minimum Gasteiger partial charge on any atom is -0.484 e. The first-order valence-electron chi connectivity index (χ1n) is 9.06. The molecule has 2 N–H and O–H groups in total. The van der Waals surface area contributed by atoms with Gasteiger partial charge >= 0.3 is 0 Å². The Labute approximate surface area is 168 Å². The van der Waals surface area contributed by atoms with Crippen LogP contribution in [0.15, 0.2) is 30.3 Å². The third-order valence-corrected chi connectivity index (χ3v) is 4.56. The third-order valence-electron chi connectivity index (χ3n) is 4.56. The minimum atomic E-state index is -0.306. The van der Waals surface area contributed by atoms with Crippen LogP contribution in [0.3, 0.4) is 0 Å². The van der Waals surface area contributed by atoms with Crippen LogP contribution in [0.2, 0.25) is 0 Å². The summed E-state index contributed by atoms with van der Waals surface area (Å²) in [5, 5.41) is 14.2. The van der Waals surface area contributed by atoms with Gasteiger partial charge in [0, 0.05) is 38.1 Å². The second-order valence-electron chi connectivity index (χ2n) is 6.89. The monoisotopic (exact) mass is 396 g/mol. The van der Waals surface area contributed by atoms with E-state index in [0.29, 0.717) is 22.8 Å². The first kappa shape index (κ1) is 20.1. The van der Waals surface area contributed by atoms with Crippen molar-refractivity contribution in [3.8, 4) is 17.0 Å². The molecule has 1 aromatic carbocycles. The van der Waals surface area contributed by atoms with E-state index in [-0.39, 0.29) is 18.4 Å². The Bertz CT molecular complexity index is 1030. The van der Waals surface area contributed by atoms with Crippen LogP contribution in [-0.4, -0.2) is 57.4 Å². The van der Waals surface area contributed by atoms with Gasteiger partial charge in [0.25, 0.3) is 11.8 Å². The smallest absolute Gasteiger partial charge is 0.273 e. The highest BCUT2D eigenvalue weighted by Gasteiger charge is 2.17. The molecule has 0 spiro atoms. The molecule has 0 aliphatic heterocycles. The summed E-state index contributed by atoms with van der Waals surface area (Å²) in [4.78, 5) is 25.5. The van der Waals surface area contributed by atoms with E-state index >= 15 is 0 Å². The average molecular weight is 396 g/mol. The highest BCUT2D eigenvalue weighted by atomic mass is 16.5. The fourth-order valence-electron chi connectivity index (χ4n) is 2.82. The Morgan fingerprint density at radius 3 is 2.48 bits per heavy atom. The Morgan fingerprint density at radius 2 is 1.90 bits per heavy atom. The summed E-state index contributed by atoms with van der Waals surface area (Å²) in [5.74, 6) is 0.112. The van der Waals surface area contributed by atoms with E-state index in [1.54, 1.807) is 49.1 Å². The number of likely N-dealkylation sites (N-methyl/N-ethyl adjacent to an activating group) is 1. The maximum absolute atomic E-state index is 12.5. The van der Waals surface area contributed by atoms with Gasteiger partial charge in [-0.1, -0.05) is 0 Å². The molecule has 0 unspecified atom stereocenters. The molecule has 0 atom stereocenters. The van der Waals surface area contributed by atoms with Gasteiger partial charge in [0.2, 0.25) is 0 Å². The Kier molecular flexibility index (Phi) is 5.67. The molecule has 0 aliphatic carbocycles. The van der Waals surface area contributed by atoms with Gasteiger partial charge in [-0.2, -0.15) is 10.2 Å². The van der Waals surface area contributed by atoms with Gasteiger partial charge in [-0.25, -0.2) is 0 Å². The summed E-state index contributed by atoms with van der Waals surface area (Å²) in [6, 6.07) is 8.51. The van der Waals surface area contributed by atoms with Crippen LogP contribution in [0.5, 0.6) is 5.75 Å². The van der Waals surface area contributed by atoms with Crippen molar-refractivity contribution in [2.24, 2.45) is 7.05 Å². The average Bonchev–Trinajstić information content (AvgIpc) is 3.25. The topological polar surface area (TPSA) is 105 Å². The molecule has 2 amide bonds. The number of H-pyrrole nitrogens is 1. The highest BCUT2D eigenvalue weighted by molar-refractivity contribution is 6.03. The van der Waals surface area contributed by atoms with Crippen LogP contribution >= 0.6 is 0 Å². The molecule has 0 fully saturated rings. The lowest BCUT2D eigenvalue weighted by Gasteiger charge is -2.11. The summed E-state index contributed by atoms with van der Waals surface area (Å²) in [6.07, 6.45) is 0. The van der Waals surface area contributed by atoms with Gasteiger partial charge in [-0.15, -0.1) is 0 Å². The number of aromatic nitrogens is 4. The summed E-state index contributed by atoms with van der Waals surface area (Å²) >= 11 is 0. The zero-order chi connectivity index (χ0) is 21.1. The van der Waals surface area contributed by atoms with Crippen LogP contribution in [0.1, 0.15) is 21.9 Å². The summed E-state index contributed by atoms with van der Waals surface area (Å²) in [6.45, 7) is 3.83. The number of nitrogens with zero attached hydrogens (tertiary/aromatic N) is 4. The van der Waals surface area contributed by atoms with Crippen molar-refractivity contribution >= 4 is 17.5 Å². The molecule has 3 aromatic rings. The maximum Gasteiger partial charge on any atom is 0.273 e. The second-order valence-corrected chi connectivity index (χ2v) is 6.89. The van der Waals surface area contributed by atoms with Crippen LogP contribution < -0.4 is 10.1 Å². The van der Waals surface area contributed by atoms with Crippen LogP contribution in [-0.2, 0) is 11.8 Å². The van der Waals surface area contributed by atoms with Gasteiger partial charge in [0.1, 0.15) is 11.4 Å². The highest BCUT2D eigenvalue weighted by Crippen LogP contribution is 2.25. The minimum absolute atomic E-state index is 0.0389. The second kappa shape index (κ2) is 8.17. The number of anilines is 1. The number of carbonyl (C=O) groups excluding carboxylic acids is 2. The van der Waals surface area contributed by atoms with Crippen LogP contribution in [0.25, 0.3) is 11.3 Å². The number of nitrogens with one attached hydrogen (secondary N) is 2. The summed E-state index contributed by atoms with van der Waals surface area (Å²) in [5.41, 5.74) is 4.37. The summed E-state index contributed by atoms with van der Waals surface area (Å²) < 4.78 is 7.21. The van der Waals surface area contributed by atoms with Gasteiger partial charge in [0.15, 0.2) is 6.61 Å². The first-order valence-corrected chi connectivity index (χ1v) is 9.06.